The number of nitro benzene ring substituents is 1. The van der Waals surface area contributed by atoms with Crippen LogP contribution in [0.15, 0.2) is 87.5 Å². The van der Waals surface area contributed by atoms with Gasteiger partial charge in [0.05, 0.1) is 9.95 Å². The summed E-state index contributed by atoms with van der Waals surface area (Å²) >= 11 is 11.5. The van der Waals surface area contributed by atoms with Crippen molar-refractivity contribution in [2.24, 2.45) is 0 Å². The summed E-state index contributed by atoms with van der Waals surface area (Å²) < 4.78 is 0. The topological polar surface area (TPSA) is 63.4 Å². The number of aryl methyl sites for hydroxylation is 6. The lowest BCUT2D eigenvalue weighted by atomic mass is 10.2. The Hall–Kier alpha value is -2.93. The summed E-state index contributed by atoms with van der Waals surface area (Å²) in [6.07, 6.45) is 0. The molecule has 0 unspecified atom stereocenters. The lowest BCUT2D eigenvalue weighted by Gasteiger charge is -2.09. The molecule has 0 aromatic heterocycles. The Balaban J connectivity index is 0.000000208. The third-order valence-corrected chi connectivity index (χ3v) is 7.54. The number of hydrogen-bond acceptors (Lipinski definition) is 5. The van der Waals surface area contributed by atoms with Gasteiger partial charge in [0, 0.05) is 26.8 Å². The summed E-state index contributed by atoms with van der Waals surface area (Å²) in [5.41, 5.74) is 7.78. The van der Waals surface area contributed by atoms with Crippen molar-refractivity contribution < 1.29 is 10.0 Å². The standard InChI is InChI=1S/C16H18S.C8H10S.C6H4ClNO3/c1-11-5-7-15(13(3)9-11)17-16-8-6-12(2)10-14(16)4;1-6-3-4-8(9)7(2)5-6;7-5-3-4(8(10)11)1-2-6(5)9/h5-10H,1-4H3;3-5,9H,1-2H3;1-3,9H. The van der Waals surface area contributed by atoms with Gasteiger partial charge in [0.15, 0.2) is 0 Å². The zero-order valence-electron chi connectivity index (χ0n) is 21.9. The van der Waals surface area contributed by atoms with Gasteiger partial charge in [-0.1, -0.05) is 76.5 Å². The number of rotatable bonds is 3. The number of nitro groups is 1. The Labute approximate surface area is 234 Å². The van der Waals surface area contributed by atoms with Gasteiger partial charge in [-0.2, -0.15) is 0 Å². The molecule has 0 aliphatic heterocycles. The zero-order chi connectivity index (χ0) is 27.7. The maximum atomic E-state index is 10.1. The van der Waals surface area contributed by atoms with E-state index in [1.54, 1.807) is 0 Å². The van der Waals surface area contributed by atoms with Gasteiger partial charge in [0.1, 0.15) is 5.75 Å². The van der Waals surface area contributed by atoms with E-state index in [-0.39, 0.29) is 16.5 Å². The second-order valence-corrected chi connectivity index (χ2v) is 10.8. The molecule has 0 fully saturated rings. The monoisotopic (exact) mass is 553 g/mol. The Kier molecular flexibility index (Phi) is 11.6. The van der Waals surface area contributed by atoms with Gasteiger partial charge in [0.25, 0.3) is 5.69 Å². The molecule has 0 saturated carbocycles. The highest BCUT2D eigenvalue weighted by atomic mass is 35.5. The molecule has 4 nitrogen and oxygen atoms in total. The van der Waals surface area contributed by atoms with Crippen LogP contribution in [-0.2, 0) is 0 Å². The van der Waals surface area contributed by atoms with Crippen molar-refractivity contribution in [2.75, 3.05) is 0 Å². The van der Waals surface area contributed by atoms with Crippen molar-refractivity contribution in [3.8, 4) is 5.75 Å². The molecule has 0 atom stereocenters. The molecule has 1 N–H and O–H groups in total. The van der Waals surface area contributed by atoms with E-state index in [9.17, 15) is 10.1 Å². The zero-order valence-corrected chi connectivity index (χ0v) is 24.3. The number of hydrogen-bond donors (Lipinski definition) is 2. The Morgan fingerprint density at radius 3 is 1.57 bits per heavy atom. The Bertz CT molecular complexity index is 1340. The molecular formula is C30H32ClNO3S2. The van der Waals surface area contributed by atoms with Crippen molar-refractivity contribution in [1.29, 1.82) is 0 Å². The molecule has 0 aliphatic rings. The molecule has 0 spiro atoms. The summed E-state index contributed by atoms with van der Waals surface area (Å²) in [6, 6.07) is 22.9. The van der Waals surface area contributed by atoms with Gasteiger partial charge in [-0.25, -0.2) is 0 Å². The van der Waals surface area contributed by atoms with Crippen LogP contribution in [-0.4, -0.2) is 10.0 Å². The molecule has 0 radical (unpaired) electrons. The quantitative estimate of drug-likeness (QED) is 0.150. The maximum Gasteiger partial charge on any atom is 0.271 e. The van der Waals surface area contributed by atoms with E-state index in [4.69, 9.17) is 16.7 Å². The van der Waals surface area contributed by atoms with E-state index >= 15 is 0 Å². The lowest BCUT2D eigenvalue weighted by molar-refractivity contribution is -0.384. The van der Waals surface area contributed by atoms with Crippen LogP contribution in [0.4, 0.5) is 5.69 Å². The predicted molar refractivity (Wildman–Crippen MR) is 159 cm³/mol. The summed E-state index contributed by atoms with van der Waals surface area (Å²) in [5, 5.41) is 19.0. The largest absolute Gasteiger partial charge is 0.506 e. The first-order valence-electron chi connectivity index (χ1n) is 11.6. The number of benzene rings is 4. The molecule has 194 valence electrons. The highest BCUT2D eigenvalue weighted by Gasteiger charge is 2.07. The SMILES string of the molecule is Cc1ccc(S)c(C)c1.Cc1ccc(Sc2ccc(C)cc2C)c(C)c1.O=[N+]([O-])c1ccc(O)c(Cl)c1. The fourth-order valence-corrected chi connectivity index (χ4v) is 4.62. The fourth-order valence-electron chi connectivity index (χ4n) is 3.36. The maximum absolute atomic E-state index is 10.1. The number of halogens is 1. The summed E-state index contributed by atoms with van der Waals surface area (Å²) in [6.45, 7) is 12.8. The average molecular weight is 554 g/mol. The number of non-ortho nitro benzene ring substituents is 1. The Morgan fingerprint density at radius 1 is 0.730 bits per heavy atom. The number of phenolic OH excluding ortho intramolecular Hbond substituents is 1. The number of aromatic hydroxyl groups is 1. The van der Waals surface area contributed by atoms with Crippen LogP contribution in [0.5, 0.6) is 5.75 Å². The first-order chi connectivity index (χ1) is 17.4. The number of thiol groups is 1. The molecule has 0 saturated heterocycles. The van der Waals surface area contributed by atoms with Crippen LogP contribution in [0.2, 0.25) is 5.02 Å². The van der Waals surface area contributed by atoms with E-state index in [0.717, 1.165) is 11.0 Å². The molecular weight excluding hydrogens is 522 g/mol. The van der Waals surface area contributed by atoms with Gasteiger partial charge < -0.3 is 5.11 Å². The summed E-state index contributed by atoms with van der Waals surface area (Å²) in [4.78, 5) is 13.3. The average Bonchev–Trinajstić information content (AvgIpc) is 2.82. The molecule has 0 heterocycles. The van der Waals surface area contributed by atoms with Gasteiger partial charge in [0.2, 0.25) is 0 Å². The van der Waals surface area contributed by atoms with Crippen LogP contribution in [0.1, 0.15) is 33.4 Å². The van der Waals surface area contributed by atoms with Crippen molar-refractivity contribution in [1.82, 2.24) is 0 Å². The molecule has 0 bridgehead atoms. The van der Waals surface area contributed by atoms with Crippen molar-refractivity contribution in [3.63, 3.8) is 0 Å². The number of phenols is 1. The molecule has 4 aromatic carbocycles. The minimum atomic E-state index is -0.578. The highest BCUT2D eigenvalue weighted by Crippen LogP contribution is 2.33. The van der Waals surface area contributed by atoms with Gasteiger partial charge in [-0.15, -0.1) is 12.6 Å². The highest BCUT2D eigenvalue weighted by molar-refractivity contribution is 7.99. The van der Waals surface area contributed by atoms with Crippen LogP contribution >= 0.6 is 36.0 Å². The van der Waals surface area contributed by atoms with Crippen LogP contribution < -0.4 is 0 Å². The van der Waals surface area contributed by atoms with E-state index in [1.165, 1.54) is 55.3 Å². The molecule has 0 aliphatic carbocycles. The normalized spacial score (nSPS) is 10.1. The summed E-state index contributed by atoms with van der Waals surface area (Å²) in [5.74, 6) is -0.155. The van der Waals surface area contributed by atoms with E-state index in [1.807, 2.05) is 17.8 Å². The van der Waals surface area contributed by atoms with Gasteiger partial charge in [-0.05, 0) is 82.5 Å². The minimum Gasteiger partial charge on any atom is -0.506 e. The molecule has 0 amide bonds. The first kappa shape index (κ1) is 30.3. The second kappa shape index (κ2) is 14.1. The molecule has 4 rings (SSSR count). The smallest absolute Gasteiger partial charge is 0.271 e. The van der Waals surface area contributed by atoms with E-state index < -0.39 is 4.92 Å². The second-order valence-electron chi connectivity index (χ2n) is 8.82. The van der Waals surface area contributed by atoms with Gasteiger partial charge >= 0.3 is 0 Å². The van der Waals surface area contributed by atoms with Crippen LogP contribution in [0.3, 0.4) is 0 Å². The van der Waals surface area contributed by atoms with Crippen molar-refractivity contribution in [2.45, 2.75) is 56.2 Å². The third kappa shape index (κ3) is 9.80. The number of nitrogens with zero attached hydrogens (tertiary/aromatic N) is 1. The molecule has 4 aromatic rings. The van der Waals surface area contributed by atoms with Crippen LogP contribution in [0.25, 0.3) is 0 Å². The van der Waals surface area contributed by atoms with E-state index in [2.05, 4.69) is 103 Å². The van der Waals surface area contributed by atoms with Gasteiger partial charge in [-0.3, -0.25) is 10.1 Å². The third-order valence-electron chi connectivity index (χ3n) is 5.38. The first-order valence-corrected chi connectivity index (χ1v) is 13.2. The fraction of sp³-hybridized carbons (Fsp3) is 0.200. The van der Waals surface area contributed by atoms with Crippen molar-refractivity contribution >= 4 is 41.7 Å². The van der Waals surface area contributed by atoms with Crippen LogP contribution in [0, 0.1) is 51.7 Å². The summed E-state index contributed by atoms with van der Waals surface area (Å²) in [7, 11) is 0. The molecule has 7 heteroatoms. The lowest BCUT2D eigenvalue weighted by Crippen LogP contribution is -1.86. The minimum absolute atomic E-state index is 0.0146. The predicted octanol–water partition coefficient (Wildman–Crippen LogP) is 9.62. The van der Waals surface area contributed by atoms with E-state index in [0.29, 0.717) is 0 Å². The Morgan fingerprint density at radius 2 is 1.19 bits per heavy atom. The van der Waals surface area contributed by atoms with Crippen molar-refractivity contribution in [3.05, 3.63) is 121 Å². The molecule has 37 heavy (non-hydrogen) atoms.